The van der Waals surface area contributed by atoms with Crippen molar-refractivity contribution >= 4 is 5.91 Å². The van der Waals surface area contributed by atoms with Gasteiger partial charge in [-0.15, -0.1) is 0 Å². The van der Waals surface area contributed by atoms with Crippen LogP contribution in [0.1, 0.15) is 34.6 Å². The van der Waals surface area contributed by atoms with Crippen molar-refractivity contribution < 1.29 is 9.21 Å². The molecule has 1 atom stereocenters. The molecule has 0 radical (unpaired) electrons. The van der Waals surface area contributed by atoms with Crippen molar-refractivity contribution in [3.8, 4) is 11.8 Å². The second-order valence-corrected chi connectivity index (χ2v) is 4.30. The zero-order chi connectivity index (χ0) is 14.4. The van der Waals surface area contributed by atoms with Gasteiger partial charge in [0, 0.05) is 11.1 Å². The zero-order valence-corrected chi connectivity index (χ0v) is 11.2. The van der Waals surface area contributed by atoms with Crippen LogP contribution < -0.4 is 11.1 Å². The molecule has 102 valence electrons. The van der Waals surface area contributed by atoms with Crippen molar-refractivity contribution in [2.24, 2.45) is 5.73 Å². The molecule has 1 amide bonds. The molecule has 0 saturated heterocycles. The number of rotatable bonds is 3. The highest BCUT2D eigenvalue weighted by molar-refractivity contribution is 5.94. The maximum absolute atomic E-state index is 12.2. The van der Waals surface area contributed by atoms with E-state index in [1.54, 1.807) is 30.5 Å². The Labute approximate surface area is 118 Å². The van der Waals surface area contributed by atoms with Crippen LogP contribution >= 0.6 is 0 Å². The van der Waals surface area contributed by atoms with Gasteiger partial charge >= 0.3 is 0 Å². The van der Waals surface area contributed by atoms with Crippen molar-refractivity contribution in [3.63, 3.8) is 0 Å². The van der Waals surface area contributed by atoms with Gasteiger partial charge in [-0.3, -0.25) is 4.79 Å². The largest absolute Gasteiger partial charge is 0.467 e. The van der Waals surface area contributed by atoms with E-state index in [2.05, 4.69) is 17.2 Å². The predicted molar refractivity (Wildman–Crippen MR) is 77.0 cm³/mol. The van der Waals surface area contributed by atoms with Crippen LogP contribution in [0.4, 0.5) is 0 Å². The lowest BCUT2D eigenvalue weighted by atomic mass is 10.1. The molecule has 3 N–H and O–H groups in total. The minimum Gasteiger partial charge on any atom is -0.467 e. The van der Waals surface area contributed by atoms with Gasteiger partial charge in [0.05, 0.1) is 18.8 Å². The third kappa shape index (κ3) is 3.50. The van der Waals surface area contributed by atoms with E-state index in [1.165, 1.54) is 0 Å². The molecule has 20 heavy (non-hydrogen) atoms. The summed E-state index contributed by atoms with van der Waals surface area (Å²) >= 11 is 0. The molecule has 4 heteroatoms. The Hall–Kier alpha value is -2.51. The summed E-state index contributed by atoms with van der Waals surface area (Å²) in [7, 11) is 0. The molecule has 1 unspecified atom stereocenters. The van der Waals surface area contributed by atoms with Gasteiger partial charge in [-0.25, -0.2) is 0 Å². The fourth-order valence-electron chi connectivity index (χ4n) is 1.78. The number of furan rings is 1. The van der Waals surface area contributed by atoms with Gasteiger partial charge < -0.3 is 15.5 Å². The van der Waals surface area contributed by atoms with E-state index in [1.807, 2.05) is 19.1 Å². The topological polar surface area (TPSA) is 68.3 Å². The van der Waals surface area contributed by atoms with E-state index in [-0.39, 0.29) is 11.9 Å². The number of carbonyl (C=O) groups is 1. The monoisotopic (exact) mass is 268 g/mol. The van der Waals surface area contributed by atoms with Crippen LogP contribution in [0.3, 0.4) is 0 Å². The minimum absolute atomic E-state index is 0.162. The van der Waals surface area contributed by atoms with E-state index in [9.17, 15) is 4.79 Å². The summed E-state index contributed by atoms with van der Waals surface area (Å²) in [5.74, 6) is 6.23. The SMILES string of the molecule is CC(NC(=O)c1cccc(C#CCN)c1)c1ccco1. The fraction of sp³-hybridized carbons (Fsp3) is 0.188. The summed E-state index contributed by atoms with van der Waals surface area (Å²) in [4.78, 5) is 12.2. The second kappa shape index (κ2) is 6.60. The third-order valence-corrected chi connectivity index (χ3v) is 2.78. The fourth-order valence-corrected chi connectivity index (χ4v) is 1.78. The number of amides is 1. The lowest BCUT2D eigenvalue weighted by molar-refractivity contribution is 0.0935. The number of carbonyl (C=O) groups excluding carboxylic acids is 1. The molecule has 1 aromatic heterocycles. The van der Waals surface area contributed by atoms with Crippen LogP contribution in [-0.4, -0.2) is 12.5 Å². The first-order valence-corrected chi connectivity index (χ1v) is 6.34. The normalized spacial score (nSPS) is 11.3. The molecule has 0 saturated carbocycles. The van der Waals surface area contributed by atoms with E-state index in [0.717, 1.165) is 11.3 Å². The molecule has 1 aromatic carbocycles. The highest BCUT2D eigenvalue weighted by atomic mass is 16.3. The van der Waals surface area contributed by atoms with E-state index in [0.29, 0.717) is 12.1 Å². The first-order valence-electron chi connectivity index (χ1n) is 6.34. The van der Waals surface area contributed by atoms with Gasteiger partial charge in [-0.1, -0.05) is 17.9 Å². The lowest BCUT2D eigenvalue weighted by Crippen LogP contribution is -2.26. The van der Waals surface area contributed by atoms with Crippen LogP contribution in [0, 0.1) is 11.8 Å². The van der Waals surface area contributed by atoms with Gasteiger partial charge in [-0.05, 0) is 37.3 Å². The van der Waals surface area contributed by atoms with Crippen LogP contribution in [0.2, 0.25) is 0 Å². The first kappa shape index (κ1) is 13.9. The van der Waals surface area contributed by atoms with Crippen LogP contribution in [-0.2, 0) is 0 Å². The highest BCUT2D eigenvalue weighted by Gasteiger charge is 2.13. The average Bonchev–Trinajstić information content (AvgIpc) is 2.99. The summed E-state index contributed by atoms with van der Waals surface area (Å²) in [6.07, 6.45) is 1.58. The average molecular weight is 268 g/mol. The van der Waals surface area contributed by atoms with E-state index < -0.39 is 0 Å². The molecule has 1 heterocycles. The van der Waals surface area contributed by atoms with Crippen molar-refractivity contribution in [1.29, 1.82) is 0 Å². The summed E-state index contributed by atoms with van der Waals surface area (Å²) in [5, 5.41) is 2.88. The van der Waals surface area contributed by atoms with Gasteiger partial charge in [-0.2, -0.15) is 0 Å². The Morgan fingerprint density at radius 2 is 2.25 bits per heavy atom. The molecular weight excluding hydrogens is 252 g/mol. The maximum Gasteiger partial charge on any atom is 0.251 e. The second-order valence-electron chi connectivity index (χ2n) is 4.30. The summed E-state index contributed by atoms with van der Waals surface area (Å²) in [6, 6.07) is 10.6. The number of nitrogens with two attached hydrogens (primary N) is 1. The van der Waals surface area contributed by atoms with Gasteiger partial charge in [0.1, 0.15) is 5.76 Å². The van der Waals surface area contributed by atoms with Gasteiger partial charge in [0.2, 0.25) is 0 Å². The standard InChI is InChI=1S/C16H16N2O2/c1-12(15-8-4-10-20-15)18-16(19)14-7-2-5-13(11-14)6-3-9-17/h2,4-5,7-8,10-12H,9,17H2,1H3,(H,18,19). The summed E-state index contributed by atoms with van der Waals surface area (Å²) in [5.41, 5.74) is 6.67. The van der Waals surface area contributed by atoms with Crippen molar-refractivity contribution in [2.45, 2.75) is 13.0 Å². The number of hydrogen-bond acceptors (Lipinski definition) is 3. The number of benzene rings is 1. The van der Waals surface area contributed by atoms with Crippen LogP contribution in [0.25, 0.3) is 0 Å². The lowest BCUT2D eigenvalue weighted by Gasteiger charge is -2.11. The van der Waals surface area contributed by atoms with E-state index in [4.69, 9.17) is 10.2 Å². The Kier molecular flexibility index (Phi) is 4.59. The molecule has 0 aliphatic rings. The Morgan fingerprint density at radius 3 is 2.95 bits per heavy atom. The Bertz CT molecular complexity index is 636. The molecule has 0 aliphatic carbocycles. The summed E-state index contributed by atoms with van der Waals surface area (Å²) in [6.45, 7) is 2.17. The maximum atomic E-state index is 12.2. The van der Waals surface area contributed by atoms with Gasteiger partial charge in [0.15, 0.2) is 0 Å². The van der Waals surface area contributed by atoms with Crippen molar-refractivity contribution in [1.82, 2.24) is 5.32 Å². The number of nitrogens with one attached hydrogen (secondary N) is 1. The summed E-state index contributed by atoms with van der Waals surface area (Å²) < 4.78 is 5.26. The first-order chi connectivity index (χ1) is 9.70. The molecule has 0 aliphatic heterocycles. The molecule has 4 nitrogen and oxygen atoms in total. The van der Waals surface area contributed by atoms with Crippen molar-refractivity contribution in [2.75, 3.05) is 6.54 Å². The molecule has 2 rings (SSSR count). The van der Waals surface area contributed by atoms with Crippen molar-refractivity contribution in [3.05, 3.63) is 59.5 Å². The highest BCUT2D eigenvalue weighted by Crippen LogP contribution is 2.13. The molecule has 0 bridgehead atoms. The van der Waals surface area contributed by atoms with Crippen LogP contribution in [0.5, 0.6) is 0 Å². The third-order valence-electron chi connectivity index (χ3n) is 2.78. The zero-order valence-electron chi connectivity index (χ0n) is 11.2. The molecule has 2 aromatic rings. The minimum atomic E-state index is -0.184. The molecular formula is C16H16N2O2. The van der Waals surface area contributed by atoms with Gasteiger partial charge in [0.25, 0.3) is 5.91 Å². The number of hydrogen-bond donors (Lipinski definition) is 2. The Morgan fingerprint density at radius 1 is 1.40 bits per heavy atom. The smallest absolute Gasteiger partial charge is 0.251 e. The molecule has 0 spiro atoms. The van der Waals surface area contributed by atoms with Crippen LogP contribution in [0.15, 0.2) is 47.1 Å². The Balaban J connectivity index is 2.09. The molecule has 0 fully saturated rings. The predicted octanol–water partition coefficient (Wildman–Crippen LogP) is 2.08. The quantitative estimate of drug-likeness (QED) is 0.837. The van der Waals surface area contributed by atoms with E-state index >= 15 is 0 Å².